The first-order valence-corrected chi connectivity index (χ1v) is 6.60. The molecule has 1 amide bonds. The zero-order chi connectivity index (χ0) is 14.5. The van der Waals surface area contributed by atoms with Crippen LogP contribution in [0.3, 0.4) is 0 Å². The number of pyridine rings is 1. The standard InChI is InChI=1S/C14H18N2O4/c1-16(8-10-3-2-6-20-9-10)13(17)11-4-5-12(14(18)19)15-7-11/h4-5,7,10H,2-3,6,8-9H2,1H3,(H,18,19). The number of ether oxygens (including phenoxy) is 1. The molecular weight excluding hydrogens is 260 g/mol. The molecule has 1 aliphatic rings. The Morgan fingerprint density at radius 3 is 2.85 bits per heavy atom. The van der Waals surface area contributed by atoms with Crippen LogP contribution in [0, 0.1) is 5.92 Å². The van der Waals surface area contributed by atoms with E-state index >= 15 is 0 Å². The summed E-state index contributed by atoms with van der Waals surface area (Å²) in [6.07, 6.45) is 3.40. The SMILES string of the molecule is CN(CC1CCCOC1)C(=O)c1ccc(C(=O)O)nc1. The highest BCUT2D eigenvalue weighted by molar-refractivity contribution is 5.94. The number of rotatable bonds is 4. The Kier molecular flexibility index (Phi) is 4.68. The fourth-order valence-corrected chi connectivity index (χ4v) is 2.29. The molecule has 0 aromatic carbocycles. The molecule has 108 valence electrons. The quantitative estimate of drug-likeness (QED) is 0.897. The lowest BCUT2D eigenvalue weighted by atomic mass is 10.0. The number of aromatic nitrogens is 1. The summed E-state index contributed by atoms with van der Waals surface area (Å²) >= 11 is 0. The zero-order valence-corrected chi connectivity index (χ0v) is 11.4. The summed E-state index contributed by atoms with van der Waals surface area (Å²) in [6, 6.07) is 2.83. The molecule has 1 saturated heterocycles. The number of amides is 1. The van der Waals surface area contributed by atoms with Crippen molar-refractivity contribution in [2.24, 2.45) is 5.92 Å². The van der Waals surface area contributed by atoms with Crippen molar-refractivity contribution in [1.29, 1.82) is 0 Å². The number of carboxylic acids is 1. The van der Waals surface area contributed by atoms with E-state index in [9.17, 15) is 9.59 Å². The lowest BCUT2D eigenvalue weighted by Gasteiger charge is -2.27. The normalized spacial score (nSPS) is 18.6. The van der Waals surface area contributed by atoms with E-state index in [1.807, 2.05) is 0 Å². The second kappa shape index (κ2) is 6.47. The predicted octanol–water partition coefficient (Wildman–Crippen LogP) is 1.28. The molecule has 2 rings (SSSR count). The first-order valence-electron chi connectivity index (χ1n) is 6.60. The van der Waals surface area contributed by atoms with E-state index in [0.717, 1.165) is 19.4 Å². The second-order valence-corrected chi connectivity index (χ2v) is 5.01. The van der Waals surface area contributed by atoms with Gasteiger partial charge >= 0.3 is 5.97 Å². The topological polar surface area (TPSA) is 79.7 Å². The molecular formula is C14H18N2O4. The van der Waals surface area contributed by atoms with Crippen LogP contribution in [0.2, 0.25) is 0 Å². The Hall–Kier alpha value is -1.95. The molecule has 1 aliphatic heterocycles. The third-order valence-electron chi connectivity index (χ3n) is 3.36. The highest BCUT2D eigenvalue weighted by atomic mass is 16.5. The summed E-state index contributed by atoms with van der Waals surface area (Å²) in [7, 11) is 1.74. The van der Waals surface area contributed by atoms with Crippen molar-refractivity contribution in [3.8, 4) is 0 Å². The van der Waals surface area contributed by atoms with E-state index < -0.39 is 5.97 Å². The molecule has 0 spiro atoms. The third kappa shape index (κ3) is 3.54. The number of hydrogen-bond donors (Lipinski definition) is 1. The van der Waals surface area contributed by atoms with Crippen molar-refractivity contribution in [3.63, 3.8) is 0 Å². The minimum Gasteiger partial charge on any atom is -0.477 e. The van der Waals surface area contributed by atoms with Crippen molar-refractivity contribution in [2.45, 2.75) is 12.8 Å². The number of carbonyl (C=O) groups is 2. The largest absolute Gasteiger partial charge is 0.477 e. The minimum absolute atomic E-state index is 0.0649. The lowest BCUT2D eigenvalue weighted by Crippen LogP contribution is -2.35. The minimum atomic E-state index is -1.10. The van der Waals surface area contributed by atoms with Gasteiger partial charge in [-0.2, -0.15) is 0 Å². The van der Waals surface area contributed by atoms with Gasteiger partial charge in [0.1, 0.15) is 5.69 Å². The van der Waals surface area contributed by atoms with Gasteiger partial charge in [0.2, 0.25) is 0 Å². The molecule has 1 unspecified atom stereocenters. The number of hydrogen-bond acceptors (Lipinski definition) is 4. The molecule has 6 heteroatoms. The third-order valence-corrected chi connectivity index (χ3v) is 3.36. The van der Waals surface area contributed by atoms with Crippen LogP contribution >= 0.6 is 0 Å². The van der Waals surface area contributed by atoms with Gasteiger partial charge in [-0.05, 0) is 30.9 Å². The Morgan fingerprint density at radius 2 is 2.30 bits per heavy atom. The van der Waals surface area contributed by atoms with Gasteiger partial charge in [-0.25, -0.2) is 9.78 Å². The summed E-state index contributed by atoms with van der Waals surface area (Å²) in [5, 5.41) is 8.77. The molecule has 6 nitrogen and oxygen atoms in total. The number of nitrogens with zero attached hydrogens (tertiary/aromatic N) is 2. The molecule has 0 radical (unpaired) electrons. The summed E-state index contributed by atoms with van der Waals surface area (Å²) in [6.45, 7) is 2.13. The summed E-state index contributed by atoms with van der Waals surface area (Å²) in [5.41, 5.74) is 0.333. The van der Waals surface area contributed by atoms with Crippen molar-refractivity contribution < 1.29 is 19.4 Å². The smallest absolute Gasteiger partial charge is 0.354 e. The molecule has 1 N–H and O–H groups in total. The number of aromatic carboxylic acids is 1. The maximum absolute atomic E-state index is 12.2. The van der Waals surface area contributed by atoms with E-state index in [-0.39, 0.29) is 11.6 Å². The van der Waals surface area contributed by atoms with Gasteiger partial charge in [0, 0.05) is 26.4 Å². The van der Waals surface area contributed by atoms with Crippen molar-refractivity contribution in [2.75, 3.05) is 26.8 Å². The second-order valence-electron chi connectivity index (χ2n) is 5.01. The molecule has 1 atom stereocenters. The molecule has 0 saturated carbocycles. The molecule has 1 aromatic rings. The molecule has 0 bridgehead atoms. The molecule has 1 fully saturated rings. The van der Waals surface area contributed by atoms with Crippen LogP contribution in [-0.2, 0) is 4.74 Å². The van der Waals surface area contributed by atoms with Crippen LogP contribution < -0.4 is 0 Å². The van der Waals surface area contributed by atoms with E-state index in [4.69, 9.17) is 9.84 Å². The highest BCUT2D eigenvalue weighted by Gasteiger charge is 2.20. The summed E-state index contributed by atoms with van der Waals surface area (Å²) < 4.78 is 5.39. The Labute approximate surface area is 117 Å². The van der Waals surface area contributed by atoms with Crippen LogP contribution in [0.25, 0.3) is 0 Å². The zero-order valence-electron chi connectivity index (χ0n) is 11.4. The average molecular weight is 278 g/mol. The van der Waals surface area contributed by atoms with Gasteiger partial charge in [0.15, 0.2) is 0 Å². The van der Waals surface area contributed by atoms with Gasteiger partial charge in [-0.3, -0.25) is 4.79 Å². The van der Waals surface area contributed by atoms with E-state index in [2.05, 4.69) is 4.98 Å². The molecule has 1 aromatic heterocycles. The average Bonchev–Trinajstić information content (AvgIpc) is 2.47. The monoisotopic (exact) mass is 278 g/mol. The van der Waals surface area contributed by atoms with Crippen LogP contribution in [0.5, 0.6) is 0 Å². The lowest BCUT2D eigenvalue weighted by molar-refractivity contribution is 0.0388. The van der Waals surface area contributed by atoms with Crippen molar-refractivity contribution in [1.82, 2.24) is 9.88 Å². The van der Waals surface area contributed by atoms with Crippen LogP contribution in [-0.4, -0.2) is 53.7 Å². The van der Waals surface area contributed by atoms with E-state index in [1.54, 1.807) is 11.9 Å². The molecule has 0 aliphatic carbocycles. The van der Waals surface area contributed by atoms with E-state index in [0.29, 0.717) is 24.6 Å². The fraction of sp³-hybridized carbons (Fsp3) is 0.500. The summed E-state index contributed by atoms with van der Waals surface area (Å²) in [5.74, 6) is -0.888. The Bertz CT molecular complexity index is 480. The van der Waals surface area contributed by atoms with Crippen molar-refractivity contribution >= 4 is 11.9 Å². The van der Waals surface area contributed by atoms with Gasteiger partial charge in [0.05, 0.1) is 12.2 Å². The maximum Gasteiger partial charge on any atom is 0.354 e. The van der Waals surface area contributed by atoms with Gasteiger partial charge < -0.3 is 14.7 Å². The first kappa shape index (κ1) is 14.5. The first-order chi connectivity index (χ1) is 9.58. The van der Waals surface area contributed by atoms with Crippen molar-refractivity contribution in [3.05, 3.63) is 29.6 Å². The molecule has 20 heavy (non-hydrogen) atoms. The predicted molar refractivity (Wildman–Crippen MR) is 71.7 cm³/mol. The Morgan fingerprint density at radius 1 is 1.50 bits per heavy atom. The Balaban J connectivity index is 1.96. The number of carbonyl (C=O) groups excluding carboxylic acids is 1. The highest BCUT2D eigenvalue weighted by Crippen LogP contribution is 2.15. The van der Waals surface area contributed by atoms with Crippen LogP contribution in [0.15, 0.2) is 18.3 Å². The molecule has 2 heterocycles. The summed E-state index contributed by atoms with van der Waals surface area (Å²) in [4.78, 5) is 28.3. The number of carboxylic acid groups (broad SMARTS) is 1. The maximum atomic E-state index is 12.2. The van der Waals surface area contributed by atoms with Crippen LogP contribution in [0.1, 0.15) is 33.7 Å². The van der Waals surface area contributed by atoms with E-state index in [1.165, 1.54) is 18.3 Å². The van der Waals surface area contributed by atoms with Gasteiger partial charge in [-0.15, -0.1) is 0 Å². The van der Waals surface area contributed by atoms with Gasteiger partial charge in [0.25, 0.3) is 5.91 Å². The van der Waals surface area contributed by atoms with Gasteiger partial charge in [-0.1, -0.05) is 0 Å². The fourth-order valence-electron chi connectivity index (χ4n) is 2.29. The van der Waals surface area contributed by atoms with Crippen LogP contribution in [0.4, 0.5) is 0 Å².